The quantitative estimate of drug-likeness (QED) is 0.675. The number of hydrogen-bond acceptors (Lipinski definition) is 4. The number of carbonyl (C=O) groups excluding carboxylic acids is 1. The van der Waals surface area contributed by atoms with Crippen LogP contribution in [0.25, 0.3) is 5.82 Å². The van der Waals surface area contributed by atoms with Gasteiger partial charge in [-0.1, -0.05) is 24.3 Å². The average Bonchev–Trinajstić information content (AvgIpc) is 3.20. The SMILES string of the molecule is CN(C)Cc1ccc(CNC(=O)NCc2ccnc(-n3cccn3)c2)cc1. The van der Waals surface area contributed by atoms with Crippen LogP contribution in [0.4, 0.5) is 4.79 Å². The summed E-state index contributed by atoms with van der Waals surface area (Å²) in [6, 6.07) is 13.7. The predicted octanol–water partition coefficient (Wildman–Crippen LogP) is 2.33. The molecule has 0 spiro atoms. The summed E-state index contributed by atoms with van der Waals surface area (Å²) in [4.78, 5) is 18.5. The zero-order valence-corrected chi connectivity index (χ0v) is 15.6. The van der Waals surface area contributed by atoms with Crippen molar-refractivity contribution in [2.75, 3.05) is 14.1 Å². The highest BCUT2D eigenvalue weighted by Gasteiger charge is 2.04. The smallest absolute Gasteiger partial charge is 0.315 e. The lowest BCUT2D eigenvalue weighted by molar-refractivity contribution is 0.240. The van der Waals surface area contributed by atoms with E-state index < -0.39 is 0 Å². The van der Waals surface area contributed by atoms with Crippen LogP contribution in [0, 0.1) is 0 Å². The van der Waals surface area contributed by atoms with Crippen molar-refractivity contribution in [1.82, 2.24) is 30.3 Å². The largest absolute Gasteiger partial charge is 0.334 e. The molecule has 7 heteroatoms. The van der Waals surface area contributed by atoms with Gasteiger partial charge < -0.3 is 15.5 Å². The van der Waals surface area contributed by atoms with E-state index in [4.69, 9.17) is 0 Å². The minimum absolute atomic E-state index is 0.204. The first-order chi connectivity index (χ1) is 13.1. The topological polar surface area (TPSA) is 75.1 Å². The van der Waals surface area contributed by atoms with E-state index in [1.165, 1.54) is 5.56 Å². The molecule has 2 amide bonds. The number of nitrogens with one attached hydrogen (secondary N) is 2. The average molecular weight is 364 g/mol. The molecule has 0 aliphatic rings. The fourth-order valence-electron chi connectivity index (χ4n) is 2.66. The minimum Gasteiger partial charge on any atom is -0.334 e. The molecule has 2 N–H and O–H groups in total. The number of amides is 2. The van der Waals surface area contributed by atoms with Crippen molar-refractivity contribution < 1.29 is 4.79 Å². The normalized spacial score (nSPS) is 10.8. The molecule has 2 heterocycles. The van der Waals surface area contributed by atoms with E-state index in [-0.39, 0.29) is 6.03 Å². The van der Waals surface area contributed by atoms with Crippen molar-refractivity contribution in [3.8, 4) is 5.82 Å². The first-order valence-electron chi connectivity index (χ1n) is 8.79. The number of pyridine rings is 1. The Bertz CT molecular complexity index is 858. The third kappa shape index (κ3) is 5.65. The summed E-state index contributed by atoms with van der Waals surface area (Å²) < 4.78 is 1.68. The maximum atomic E-state index is 12.1. The first kappa shape index (κ1) is 18.6. The van der Waals surface area contributed by atoms with E-state index in [2.05, 4.69) is 37.7 Å². The molecule has 3 aromatic rings. The number of hydrogen-bond donors (Lipinski definition) is 2. The maximum Gasteiger partial charge on any atom is 0.315 e. The van der Waals surface area contributed by atoms with Crippen LogP contribution in [0.15, 0.2) is 61.1 Å². The lowest BCUT2D eigenvalue weighted by atomic mass is 10.1. The Morgan fingerprint density at radius 3 is 2.37 bits per heavy atom. The summed E-state index contributed by atoms with van der Waals surface area (Å²) in [6.45, 7) is 1.81. The van der Waals surface area contributed by atoms with Gasteiger partial charge in [0.1, 0.15) is 0 Å². The van der Waals surface area contributed by atoms with Gasteiger partial charge >= 0.3 is 6.03 Å². The maximum absolute atomic E-state index is 12.1. The van der Waals surface area contributed by atoms with Crippen LogP contribution in [0.2, 0.25) is 0 Å². The molecule has 140 valence electrons. The van der Waals surface area contributed by atoms with Crippen LogP contribution >= 0.6 is 0 Å². The molecule has 0 unspecified atom stereocenters. The fraction of sp³-hybridized carbons (Fsp3) is 0.250. The van der Waals surface area contributed by atoms with E-state index in [1.54, 1.807) is 17.1 Å². The van der Waals surface area contributed by atoms with Gasteiger partial charge in [0.05, 0.1) is 0 Å². The molecule has 0 bridgehead atoms. The molecule has 27 heavy (non-hydrogen) atoms. The van der Waals surface area contributed by atoms with Crippen molar-refractivity contribution in [3.05, 3.63) is 77.7 Å². The Balaban J connectivity index is 1.47. The molecule has 0 radical (unpaired) electrons. The van der Waals surface area contributed by atoms with Gasteiger partial charge in [-0.2, -0.15) is 5.10 Å². The zero-order valence-electron chi connectivity index (χ0n) is 15.6. The monoisotopic (exact) mass is 364 g/mol. The number of aromatic nitrogens is 3. The summed E-state index contributed by atoms with van der Waals surface area (Å²) in [7, 11) is 4.08. The summed E-state index contributed by atoms with van der Waals surface area (Å²) in [5, 5.41) is 9.90. The van der Waals surface area contributed by atoms with Crippen LogP contribution in [0.1, 0.15) is 16.7 Å². The van der Waals surface area contributed by atoms with Crippen molar-refractivity contribution >= 4 is 6.03 Å². The molecular formula is C20H24N6O. The molecule has 0 atom stereocenters. The lowest BCUT2D eigenvalue weighted by Crippen LogP contribution is -2.34. The van der Waals surface area contributed by atoms with Crippen molar-refractivity contribution in [3.63, 3.8) is 0 Å². The van der Waals surface area contributed by atoms with Crippen LogP contribution in [-0.2, 0) is 19.6 Å². The summed E-state index contributed by atoms with van der Waals surface area (Å²) in [6.07, 6.45) is 5.24. The van der Waals surface area contributed by atoms with Gasteiger partial charge in [0.25, 0.3) is 0 Å². The predicted molar refractivity (Wildman–Crippen MR) is 104 cm³/mol. The second kappa shape index (κ2) is 8.95. The highest BCUT2D eigenvalue weighted by atomic mass is 16.2. The molecular weight excluding hydrogens is 340 g/mol. The third-order valence-corrected chi connectivity index (χ3v) is 3.98. The number of urea groups is 1. The third-order valence-electron chi connectivity index (χ3n) is 3.98. The van der Waals surface area contributed by atoms with Crippen LogP contribution in [0.5, 0.6) is 0 Å². The second-order valence-electron chi connectivity index (χ2n) is 6.56. The van der Waals surface area contributed by atoms with Crippen molar-refractivity contribution in [2.45, 2.75) is 19.6 Å². The molecule has 0 fully saturated rings. The number of benzene rings is 1. The molecule has 0 saturated heterocycles. The molecule has 0 aliphatic carbocycles. The van der Waals surface area contributed by atoms with Crippen LogP contribution in [0.3, 0.4) is 0 Å². The Hall–Kier alpha value is -3.19. The summed E-state index contributed by atoms with van der Waals surface area (Å²) in [5.74, 6) is 0.720. The molecule has 7 nitrogen and oxygen atoms in total. The lowest BCUT2D eigenvalue weighted by Gasteiger charge is -2.11. The van der Waals surface area contributed by atoms with Gasteiger partial charge in [-0.15, -0.1) is 0 Å². The van der Waals surface area contributed by atoms with Gasteiger partial charge in [-0.05, 0) is 49.0 Å². The van der Waals surface area contributed by atoms with Crippen LogP contribution in [-0.4, -0.2) is 39.8 Å². The molecule has 3 rings (SSSR count). The zero-order chi connectivity index (χ0) is 19.1. The number of carbonyl (C=O) groups is 1. The molecule has 2 aromatic heterocycles. The number of nitrogens with zero attached hydrogens (tertiary/aromatic N) is 4. The highest BCUT2D eigenvalue weighted by Crippen LogP contribution is 2.07. The van der Waals surface area contributed by atoms with Gasteiger partial charge in [-0.25, -0.2) is 14.5 Å². The van der Waals surface area contributed by atoms with Gasteiger partial charge in [0, 0.05) is 38.2 Å². The van der Waals surface area contributed by atoms with E-state index in [0.29, 0.717) is 13.1 Å². The fourth-order valence-corrected chi connectivity index (χ4v) is 2.66. The van der Waals surface area contributed by atoms with Gasteiger partial charge in [-0.3, -0.25) is 0 Å². The van der Waals surface area contributed by atoms with E-state index in [1.807, 2.05) is 50.6 Å². The Kier molecular flexibility index (Phi) is 6.17. The van der Waals surface area contributed by atoms with E-state index >= 15 is 0 Å². The standard InChI is InChI=1S/C20H24N6O/c1-25(2)15-17-6-4-16(5-7-17)13-22-20(27)23-14-18-8-10-21-19(12-18)26-11-3-9-24-26/h3-12H,13-15H2,1-2H3,(H2,22,23,27). The highest BCUT2D eigenvalue weighted by molar-refractivity contribution is 5.73. The van der Waals surface area contributed by atoms with E-state index in [9.17, 15) is 4.79 Å². The number of rotatable bonds is 7. The second-order valence-corrected chi connectivity index (χ2v) is 6.56. The van der Waals surface area contributed by atoms with Gasteiger partial charge in [0.2, 0.25) is 0 Å². The summed E-state index contributed by atoms with van der Waals surface area (Å²) >= 11 is 0. The van der Waals surface area contributed by atoms with Crippen LogP contribution < -0.4 is 10.6 Å². The minimum atomic E-state index is -0.204. The Morgan fingerprint density at radius 2 is 1.70 bits per heavy atom. The summed E-state index contributed by atoms with van der Waals surface area (Å²) in [5.41, 5.74) is 3.27. The Morgan fingerprint density at radius 1 is 1.00 bits per heavy atom. The van der Waals surface area contributed by atoms with Crippen molar-refractivity contribution in [2.24, 2.45) is 0 Å². The molecule has 0 aliphatic heterocycles. The Labute approximate surface area is 159 Å². The van der Waals surface area contributed by atoms with Gasteiger partial charge in [0.15, 0.2) is 5.82 Å². The molecule has 0 saturated carbocycles. The first-order valence-corrected chi connectivity index (χ1v) is 8.79. The van der Waals surface area contributed by atoms with Crippen molar-refractivity contribution in [1.29, 1.82) is 0 Å². The van der Waals surface area contributed by atoms with E-state index in [0.717, 1.165) is 23.5 Å². The molecule has 1 aromatic carbocycles.